The van der Waals surface area contributed by atoms with Crippen LogP contribution in [0.2, 0.25) is 0 Å². The molecule has 1 N–H and O–H groups in total. The van der Waals surface area contributed by atoms with Gasteiger partial charge in [-0.3, -0.25) is 9.69 Å². The molecule has 0 unspecified atom stereocenters. The zero-order valence-electron chi connectivity index (χ0n) is 22.5. The van der Waals surface area contributed by atoms with Crippen LogP contribution in [-0.2, 0) is 14.3 Å². The van der Waals surface area contributed by atoms with Gasteiger partial charge in [0.2, 0.25) is 0 Å². The minimum Gasteiger partial charge on any atom is -0.459 e. The number of rotatable bonds is 8. The van der Waals surface area contributed by atoms with Gasteiger partial charge in [0.25, 0.3) is 0 Å². The first kappa shape index (κ1) is 27.1. The molecule has 0 amide bonds. The summed E-state index contributed by atoms with van der Waals surface area (Å²) < 4.78 is 12.5. The fraction of sp³-hybridized carbons (Fsp3) is 0.406. The van der Waals surface area contributed by atoms with Crippen molar-refractivity contribution in [1.82, 2.24) is 4.90 Å². The van der Waals surface area contributed by atoms with Gasteiger partial charge in [-0.05, 0) is 43.4 Å². The zero-order chi connectivity index (χ0) is 26.6. The largest absolute Gasteiger partial charge is 0.459 e. The lowest BCUT2D eigenvalue weighted by atomic mass is 9.87. The van der Waals surface area contributed by atoms with Crippen molar-refractivity contribution in [3.8, 4) is 0 Å². The Balaban J connectivity index is 1.88. The van der Waals surface area contributed by atoms with Crippen LogP contribution in [0.25, 0.3) is 0 Å². The average molecular weight is 502 g/mol. The molecule has 0 bridgehead atoms. The number of carbonyl (C=O) groups excluding carboxylic acids is 1. The molecule has 0 aromatic heterocycles. The van der Waals surface area contributed by atoms with Gasteiger partial charge in [-0.25, -0.2) is 0 Å². The molecule has 1 fully saturated rings. The van der Waals surface area contributed by atoms with Crippen LogP contribution in [0.3, 0.4) is 0 Å². The summed E-state index contributed by atoms with van der Waals surface area (Å²) in [5.41, 5.74) is 2.51. The molecule has 1 heterocycles. The Kier molecular flexibility index (Phi) is 8.48. The summed E-state index contributed by atoms with van der Waals surface area (Å²) in [6.45, 7) is 9.82. The number of carbonyl (C=O) groups is 1. The van der Waals surface area contributed by atoms with Gasteiger partial charge in [-0.15, -0.1) is 0 Å². The van der Waals surface area contributed by atoms with Gasteiger partial charge in [-0.1, -0.05) is 105 Å². The molecule has 0 saturated carbocycles. The lowest BCUT2D eigenvalue weighted by Gasteiger charge is -2.41. The SMILES string of the molecule is CC(C)[C@@H](O)[C@H](C(=O)OC(C)(C)C)N1[C@@H](C(c2ccccc2)c2ccccc2)OC[C@H]1c1ccccc1. The molecule has 0 aliphatic carbocycles. The normalized spacial score (nSPS) is 20.2. The number of esters is 1. The van der Waals surface area contributed by atoms with Gasteiger partial charge in [0.15, 0.2) is 0 Å². The fourth-order valence-electron chi connectivity index (χ4n) is 5.11. The quantitative estimate of drug-likeness (QED) is 0.387. The van der Waals surface area contributed by atoms with Crippen molar-refractivity contribution in [3.05, 3.63) is 108 Å². The average Bonchev–Trinajstić information content (AvgIpc) is 3.29. The van der Waals surface area contributed by atoms with Crippen molar-refractivity contribution in [2.24, 2.45) is 5.92 Å². The number of aliphatic hydroxyl groups excluding tert-OH is 1. The van der Waals surface area contributed by atoms with Gasteiger partial charge in [0.1, 0.15) is 17.9 Å². The monoisotopic (exact) mass is 501 g/mol. The Labute approximate surface area is 221 Å². The van der Waals surface area contributed by atoms with Gasteiger partial charge >= 0.3 is 5.97 Å². The fourth-order valence-corrected chi connectivity index (χ4v) is 5.11. The summed E-state index contributed by atoms with van der Waals surface area (Å²) >= 11 is 0. The highest BCUT2D eigenvalue weighted by molar-refractivity contribution is 5.77. The van der Waals surface area contributed by atoms with Crippen LogP contribution in [0.4, 0.5) is 0 Å². The van der Waals surface area contributed by atoms with Gasteiger partial charge < -0.3 is 14.6 Å². The Morgan fingerprint density at radius 2 is 1.38 bits per heavy atom. The minimum absolute atomic E-state index is 0.165. The van der Waals surface area contributed by atoms with Crippen LogP contribution in [-0.4, -0.2) is 46.6 Å². The first-order valence-electron chi connectivity index (χ1n) is 13.1. The molecule has 5 nitrogen and oxygen atoms in total. The highest BCUT2D eigenvalue weighted by atomic mass is 16.6. The summed E-state index contributed by atoms with van der Waals surface area (Å²) in [6, 6.07) is 29.4. The van der Waals surface area contributed by atoms with E-state index in [1.54, 1.807) is 0 Å². The minimum atomic E-state index is -0.947. The predicted molar refractivity (Wildman–Crippen MR) is 146 cm³/mol. The Morgan fingerprint density at radius 1 is 0.892 bits per heavy atom. The standard InChI is InChI=1S/C32H39NO4/c1-22(2)29(34)28(31(35)37-32(3,4)5)33-26(23-15-9-6-10-16-23)21-36-30(33)27(24-17-11-7-12-18-24)25-19-13-8-14-20-25/h6-20,22,26-30,34H,21H2,1-5H3/t26-,28+,29+,30+/m0/s1. The van der Waals surface area contributed by atoms with Crippen molar-refractivity contribution >= 4 is 5.97 Å². The van der Waals surface area contributed by atoms with E-state index in [1.165, 1.54) is 0 Å². The highest BCUT2D eigenvalue weighted by Gasteiger charge is 2.50. The molecule has 37 heavy (non-hydrogen) atoms. The maximum absolute atomic E-state index is 13.8. The molecule has 1 aliphatic heterocycles. The number of aliphatic hydroxyl groups is 1. The van der Waals surface area contributed by atoms with Gasteiger partial charge in [0, 0.05) is 5.92 Å². The molecule has 5 heteroatoms. The van der Waals surface area contributed by atoms with E-state index in [-0.39, 0.29) is 17.9 Å². The summed E-state index contributed by atoms with van der Waals surface area (Å²) in [4.78, 5) is 15.9. The molecule has 1 saturated heterocycles. The molecule has 1 aliphatic rings. The summed E-state index contributed by atoms with van der Waals surface area (Å²) in [5.74, 6) is -0.785. The maximum Gasteiger partial charge on any atom is 0.326 e. The Bertz CT molecular complexity index is 1090. The van der Waals surface area contributed by atoms with E-state index in [2.05, 4.69) is 41.3 Å². The van der Waals surface area contributed by atoms with Crippen molar-refractivity contribution < 1.29 is 19.4 Å². The smallest absolute Gasteiger partial charge is 0.326 e. The first-order valence-corrected chi connectivity index (χ1v) is 13.1. The van der Waals surface area contributed by atoms with Crippen LogP contribution < -0.4 is 0 Å². The van der Waals surface area contributed by atoms with Crippen LogP contribution in [0, 0.1) is 5.92 Å². The van der Waals surface area contributed by atoms with E-state index < -0.39 is 29.9 Å². The maximum atomic E-state index is 13.8. The van der Waals surface area contributed by atoms with Crippen LogP contribution in [0.5, 0.6) is 0 Å². The molecule has 3 aromatic carbocycles. The number of benzene rings is 3. The van der Waals surface area contributed by atoms with E-state index >= 15 is 0 Å². The van der Waals surface area contributed by atoms with Gasteiger partial charge in [-0.2, -0.15) is 0 Å². The van der Waals surface area contributed by atoms with Crippen LogP contribution in [0.1, 0.15) is 63.3 Å². The lowest BCUT2D eigenvalue weighted by Crippen LogP contribution is -2.56. The highest BCUT2D eigenvalue weighted by Crippen LogP contribution is 2.43. The number of hydrogen-bond acceptors (Lipinski definition) is 5. The second-order valence-electron chi connectivity index (χ2n) is 11.1. The van der Waals surface area contributed by atoms with E-state index in [4.69, 9.17) is 9.47 Å². The summed E-state index contributed by atoms with van der Waals surface area (Å²) in [6.07, 6.45) is -1.45. The summed E-state index contributed by atoms with van der Waals surface area (Å²) in [7, 11) is 0. The van der Waals surface area contributed by atoms with Crippen LogP contribution >= 0.6 is 0 Å². The van der Waals surface area contributed by atoms with Crippen molar-refractivity contribution in [2.45, 2.75) is 70.6 Å². The molecule has 3 aromatic rings. The van der Waals surface area contributed by atoms with Gasteiger partial charge in [0.05, 0.1) is 18.8 Å². The van der Waals surface area contributed by atoms with Crippen molar-refractivity contribution in [1.29, 1.82) is 0 Å². The zero-order valence-corrected chi connectivity index (χ0v) is 22.5. The van der Waals surface area contributed by atoms with E-state index in [1.807, 2.05) is 89.2 Å². The molecule has 4 rings (SSSR count). The van der Waals surface area contributed by atoms with Crippen molar-refractivity contribution in [3.63, 3.8) is 0 Å². The second kappa shape index (κ2) is 11.6. The van der Waals surface area contributed by atoms with E-state index in [0.29, 0.717) is 6.61 Å². The molecule has 0 radical (unpaired) electrons. The predicted octanol–water partition coefficient (Wildman–Crippen LogP) is 5.95. The third-order valence-electron chi connectivity index (χ3n) is 6.84. The molecular formula is C32H39NO4. The molecule has 0 spiro atoms. The summed E-state index contributed by atoms with van der Waals surface area (Å²) in [5, 5.41) is 11.5. The number of ether oxygens (including phenoxy) is 2. The lowest BCUT2D eigenvalue weighted by molar-refractivity contribution is -0.172. The molecule has 4 atom stereocenters. The van der Waals surface area contributed by atoms with E-state index in [9.17, 15) is 9.90 Å². The Morgan fingerprint density at radius 3 is 1.84 bits per heavy atom. The number of hydrogen-bond donors (Lipinski definition) is 1. The second-order valence-corrected chi connectivity index (χ2v) is 11.1. The topological polar surface area (TPSA) is 59.0 Å². The van der Waals surface area contributed by atoms with Crippen molar-refractivity contribution in [2.75, 3.05) is 6.61 Å². The first-order chi connectivity index (χ1) is 17.7. The van der Waals surface area contributed by atoms with E-state index in [0.717, 1.165) is 16.7 Å². The molecular weight excluding hydrogens is 462 g/mol. The third-order valence-corrected chi connectivity index (χ3v) is 6.84. The molecule has 196 valence electrons. The number of nitrogens with zero attached hydrogens (tertiary/aromatic N) is 1. The van der Waals surface area contributed by atoms with Crippen LogP contribution in [0.15, 0.2) is 91.0 Å². The Hall–Kier alpha value is -2.99. The third kappa shape index (κ3) is 6.30.